The van der Waals surface area contributed by atoms with Crippen LogP contribution < -0.4 is 10.5 Å². The number of hydrogen-bond donors (Lipinski definition) is 1. The van der Waals surface area contributed by atoms with Gasteiger partial charge >= 0.3 is 0 Å². The van der Waals surface area contributed by atoms with E-state index in [1.165, 1.54) is 0 Å². The molecule has 0 saturated heterocycles. The summed E-state index contributed by atoms with van der Waals surface area (Å²) in [6, 6.07) is 9.68. The molecule has 1 heterocycles. The lowest BCUT2D eigenvalue weighted by Crippen LogP contribution is -1.94. The molecule has 0 amide bonds. The molecule has 0 aliphatic carbocycles. The minimum atomic E-state index is 0.482. The average Bonchev–Trinajstić information content (AvgIpc) is 2.16. The summed E-state index contributed by atoms with van der Waals surface area (Å²) >= 11 is 0. The number of methoxy groups -OCH3 is 1. The quantitative estimate of drug-likeness (QED) is 0.717. The summed E-state index contributed by atoms with van der Waals surface area (Å²) in [5, 5.41) is 2.03. The van der Waals surface area contributed by atoms with Crippen molar-refractivity contribution in [1.82, 2.24) is 4.98 Å². The normalized spacial score (nSPS) is 10.2. The highest BCUT2D eigenvalue weighted by Crippen LogP contribution is 2.24. The third-order valence-electron chi connectivity index (χ3n) is 1.92. The summed E-state index contributed by atoms with van der Waals surface area (Å²) in [6.07, 6.45) is 0. The van der Waals surface area contributed by atoms with E-state index in [2.05, 4.69) is 4.98 Å². The smallest absolute Gasteiger partial charge is 0.223 e. The molecule has 0 spiro atoms. The van der Waals surface area contributed by atoms with Gasteiger partial charge in [0.25, 0.3) is 0 Å². The lowest BCUT2D eigenvalue weighted by Gasteiger charge is -2.04. The standard InChI is InChI=1S/C10H10N2O/c1-13-10-8-5-3-2-4-7(8)6-9(11)12-10/h2-6H,1H3,(H2,11,12). The van der Waals surface area contributed by atoms with Gasteiger partial charge in [-0.15, -0.1) is 0 Å². The number of nitrogen functional groups attached to an aromatic ring is 1. The number of pyridine rings is 1. The fourth-order valence-electron chi connectivity index (χ4n) is 1.34. The summed E-state index contributed by atoms with van der Waals surface area (Å²) in [5.41, 5.74) is 5.61. The zero-order chi connectivity index (χ0) is 9.26. The van der Waals surface area contributed by atoms with Crippen LogP contribution in [0.25, 0.3) is 10.8 Å². The van der Waals surface area contributed by atoms with Crippen LogP contribution in [-0.4, -0.2) is 12.1 Å². The average molecular weight is 174 g/mol. The van der Waals surface area contributed by atoms with Crippen LogP contribution in [0.1, 0.15) is 0 Å². The molecule has 2 rings (SSSR count). The maximum atomic E-state index is 5.61. The Balaban J connectivity index is 2.81. The molecule has 0 aliphatic heterocycles. The van der Waals surface area contributed by atoms with Gasteiger partial charge in [-0.2, -0.15) is 4.98 Å². The Morgan fingerprint density at radius 2 is 2.08 bits per heavy atom. The van der Waals surface area contributed by atoms with E-state index >= 15 is 0 Å². The molecule has 0 bridgehead atoms. The number of ether oxygens (including phenoxy) is 1. The van der Waals surface area contributed by atoms with E-state index in [0.717, 1.165) is 10.8 Å². The number of fused-ring (bicyclic) bond motifs is 1. The van der Waals surface area contributed by atoms with E-state index in [1.807, 2.05) is 30.3 Å². The molecule has 3 heteroatoms. The van der Waals surface area contributed by atoms with Crippen LogP contribution in [0.15, 0.2) is 30.3 Å². The van der Waals surface area contributed by atoms with Crippen LogP contribution in [0.4, 0.5) is 5.82 Å². The molecular weight excluding hydrogens is 164 g/mol. The second kappa shape index (κ2) is 2.94. The van der Waals surface area contributed by atoms with Gasteiger partial charge in [-0.3, -0.25) is 0 Å². The molecule has 13 heavy (non-hydrogen) atoms. The van der Waals surface area contributed by atoms with Crippen LogP contribution >= 0.6 is 0 Å². The first kappa shape index (κ1) is 7.86. The monoisotopic (exact) mass is 174 g/mol. The second-order valence-electron chi connectivity index (χ2n) is 2.78. The van der Waals surface area contributed by atoms with Crippen molar-refractivity contribution in [2.45, 2.75) is 0 Å². The van der Waals surface area contributed by atoms with Crippen molar-refractivity contribution in [3.05, 3.63) is 30.3 Å². The molecule has 0 saturated carbocycles. The number of nitrogens with zero attached hydrogens (tertiary/aromatic N) is 1. The third kappa shape index (κ3) is 1.28. The molecule has 2 aromatic rings. The molecule has 0 radical (unpaired) electrons. The first-order valence-corrected chi connectivity index (χ1v) is 4.00. The van der Waals surface area contributed by atoms with Crippen LogP contribution in [0.2, 0.25) is 0 Å². The molecule has 1 aromatic carbocycles. The van der Waals surface area contributed by atoms with Gasteiger partial charge in [-0.25, -0.2) is 0 Å². The van der Waals surface area contributed by atoms with Gasteiger partial charge in [0.2, 0.25) is 5.88 Å². The Hall–Kier alpha value is -1.77. The van der Waals surface area contributed by atoms with E-state index in [4.69, 9.17) is 10.5 Å². The van der Waals surface area contributed by atoms with E-state index in [0.29, 0.717) is 11.7 Å². The maximum absolute atomic E-state index is 5.61. The van der Waals surface area contributed by atoms with E-state index in [9.17, 15) is 0 Å². The van der Waals surface area contributed by atoms with Crippen molar-refractivity contribution in [3.63, 3.8) is 0 Å². The van der Waals surface area contributed by atoms with E-state index < -0.39 is 0 Å². The van der Waals surface area contributed by atoms with Gasteiger partial charge in [0, 0.05) is 5.39 Å². The van der Waals surface area contributed by atoms with Crippen molar-refractivity contribution in [1.29, 1.82) is 0 Å². The van der Waals surface area contributed by atoms with Crippen molar-refractivity contribution in [2.24, 2.45) is 0 Å². The molecular formula is C10H10N2O. The lowest BCUT2D eigenvalue weighted by atomic mass is 10.2. The van der Waals surface area contributed by atoms with Crippen LogP contribution in [0.5, 0.6) is 5.88 Å². The fraction of sp³-hybridized carbons (Fsp3) is 0.100. The molecule has 0 unspecified atom stereocenters. The van der Waals surface area contributed by atoms with Gasteiger partial charge in [0.1, 0.15) is 5.82 Å². The molecule has 0 atom stereocenters. The minimum Gasteiger partial charge on any atom is -0.480 e. The Bertz CT molecular complexity index is 440. The first-order chi connectivity index (χ1) is 6.31. The molecule has 3 nitrogen and oxygen atoms in total. The number of aromatic nitrogens is 1. The molecule has 0 fully saturated rings. The van der Waals surface area contributed by atoms with Crippen LogP contribution in [0, 0.1) is 0 Å². The lowest BCUT2D eigenvalue weighted by molar-refractivity contribution is 0.404. The highest BCUT2D eigenvalue weighted by atomic mass is 16.5. The van der Waals surface area contributed by atoms with Crippen molar-refractivity contribution in [3.8, 4) is 5.88 Å². The highest BCUT2D eigenvalue weighted by molar-refractivity contribution is 5.88. The summed E-state index contributed by atoms with van der Waals surface area (Å²) in [4.78, 5) is 4.08. The summed E-state index contributed by atoms with van der Waals surface area (Å²) in [5.74, 6) is 1.06. The second-order valence-corrected chi connectivity index (χ2v) is 2.78. The number of nitrogens with two attached hydrogens (primary N) is 1. The van der Waals surface area contributed by atoms with E-state index in [-0.39, 0.29) is 0 Å². The zero-order valence-electron chi connectivity index (χ0n) is 7.32. The number of rotatable bonds is 1. The number of anilines is 1. The Labute approximate surface area is 76.2 Å². The fourth-order valence-corrected chi connectivity index (χ4v) is 1.34. The zero-order valence-corrected chi connectivity index (χ0v) is 7.32. The summed E-state index contributed by atoms with van der Waals surface area (Å²) in [7, 11) is 1.59. The Kier molecular flexibility index (Phi) is 1.77. The van der Waals surface area contributed by atoms with Gasteiger partial charge in [0.05, 0.1) is 7.11 Å². The maximum Gasteiger partial charge on any atom is 0.223 e. The van der Waals surface area contributed by atoms with Gasteiger partial charge in [0.15, 0.2) is 0 Å². The van der Waals surface area contributed by atoms with Crippen molar-refractivity contribution < 1.29 is 4.74 Å². The van der Waals surface area contributed by atoms with Gasteiger partial charge in [-0.05, 0) is 17.5 Å². The molecule has 66 valence electrons. The summed E-state index contributed by atoms with van der Waals surface area (Å²) in [6.45, 7) is 0. The third-order valence-corrected chi connectivity index (χ3v) is 1.92. The Morgan fingerprint density at radius 1 is 1.31 bits per heavy atom. The molecule has 2 N–H and O–H groups in total. The van der Waals surface area contributed by atoms with Gasteiger partial charge in [-0.1, -0.05) is 18.2 Å². The minimum absolute atomic E-state index is 0.482. The number of benzene rings is 1. The summed E-state index contributed by atoms with van der Waals surface area (Å²) < 4.78 is 5.12. The first-order valence-electron chi connectivity index (χ1n) is 4.00. The van der Waals surface area contributed by atoms with Crippen molar-refractivity contribution >= 4 is 16.6 Å². The predicted molar refractivity (Wildman–Crippen MR) is 52.7 cm³/mol. The van der Waals surface area contributed by atoms with Crippen LogP contribution in [-0.2, 0) is 0 Å². The highest BCUT2D eigenvalue weighted by Gasteiger charge is 2.02. The van der Waals surface area contributed by atoms with Gasteiger partial charge < -0.3 is 10.5 Å². The SMILES string of the molecule is COc1nc(N)cc2ccccc12. The largest absolute Gasteiger partial charge is 0.480 e. The molecule has 0 aliphatic rings. The topological polar surface area (TPSA) is 48.1 Å². The van der Waals surface area contributed by atoms with Crippen molar-refractivity contribution in [2.75, 3.05) is 12.8 Å². The Morgan fingerprint density at radius 3 is 2.85 bits per heavy atom. The van der Waals surface area contributed by atoms with E-state index in [1.54, 1.807) is 7.11 Å². The number of hydrogen-bond acceptors (Lipinski definition) is 3. The predicted octanol–water partition coefficient (Wildman–Crippen LogP) is 1.83. The van der Waals surface area contributed by atoms with Crippen LogP contribution in [0.3, 0.4) is 0 Å². The molecule has 1 aromatic heterocycles.